The normalized spacial score (nSPS) is 10.9. The summed E-state index contributed by atoms with van der Waals surface area (Å²) >= 11 is 0. The second-order valence-electron chi connectivity index (χ2n) is 6.82. The van der Waals surface area contributed by atoms with Crippen LogP contribution in [0.4, 0.5) is 0 Å². The predicted molar refractivity (Wildman–Crippen MR) is 111 cm³/mol. The van der Waals surface area contributed by atoms with Crippen molar-refractivity contribution in [2.75, 3.05) is 6.61 Å². The number of benzene rings is 3. The summed E-state index contributed by atoms with van der Waals surface area (Å²) in [5.74, 6) is 0.320. The van der Waals surface area contributed by atoms with Crippen molar-refractivity contribution < 1.29 is 18.7 Å². The Morgan fingerprint density at radius 3 is 2.62 bits per heavy atom. The van der Waals surface area contributed by atoms with Crippen LogP contribution in [0.5, 0.6) is 5.75 Å². The van der Waals surface area contributed by atoms with Crippen LogP contribution >= 0.6 is 0 Å². The van der Waals surface area contributed by atoms with Gasteiger partial charge in [-0.1, -0.05) is 48.0 Å². The Morgan fingerprint density at radius 2 is 1.79 bits per heavy atom. The lowest BCUT2D eigenvalue weighted by molar-refractivity contribution is -0.145. The lowest BCUT2D eigenvalue weighted by Gasteiger charge is -2.10. The molecule has 4 aromatic rings. The molecule has 0 saturated carbocycles. The molecule has 0 fully saturated rings. The van der Waals surface area contributed by atoms with Crippen molar-refractivity contribution >= 4 is 27.7 Å². The molecule has 0 radical (unpaired) electrons. The minimum Gasteiger partial charge on any atom is -0.493 e. The third kappa shape index (κ3) is 4.29. The van der Waals surface area contributed by atoms with Crippen LogP contribution in [0.1, 0.15) is 17.5 Å². The quantitative estimate of drug-likeness (QED) is 0.270. The molecule has 0 aliphatic rings. The lowest BCUT2D eigenvalue weighted by atomic mass is 10.0. The van der Waals surface area contributed by atoms with Gasteiger partial charge in [0.05, 0.1) is 13.0 Å². The van der Waals surface area contributed by atoms with E-state index in [2.05, 4.69) is 0 Å². The molecular formula is C24H20O5. The fourth-order valence-electron chi connectivity index (χ4n) is 3.25. The largest absolute Gasteiger partial charge is 0.493 e. The number of esters is 1. The summed E-state index contributed by atoms with van der Waals surface area (Å²) in [6.07, 6.45) is 0.119. The number of fused-ring (bicyclic) bond motifs is 3. The first-order valence-electron chi connectivity index (χ1n) is 9.40. The van der Waals surface area contributed by atoms with Crippen LogP contribution in [0.2, 0.25) is 0 Å². The fraction of sp³-hybridized carbons (Fsp3) is 0.167. The van der Waals surface area contributed by atoms with Crippen molar-refractivity contribution in [1.82, 2.24) is 0 Å². The Morgan fingerprint density at radius 1 is 1.00 bits per heavy atom. The molecule has 0 aliphatic heterocycles. The van der Waals surface area contributed by atoms with Crippen molar-refractivity contribution in [2.45, 2.75) is 20.0 Å². The van der Waals surface area contributed by atoms with E-state index in [-0.39, 0.29) is 19.6 Å². The number of ether oxygens (including phenoxy) is 2. The molecule has 0 amide bonds. The van der Waals surface area contributed by atoms with E-state index in [0.717, 1.165) is 21.7 Å². The summed E-state index contributed by atoms with van der Waals surface area (Å²) in [6, 6.07) is 20.5. The minimum absolute atomic E-state index is 0.000523. The summed E-state index contributed by atoms with van der Waals surface area (Å²) in [4.78, 5) is 24.1. The van der Waals surface area contributed by atoms with Crippen LogP contribution in [0.15, 0.2) is 75.9 Å². The van der Waals surface area contributed by atoms with E-state index in [1.54, 1.807) is 6.07 Å². The molecule has 5 nitrogen and oxygen atoms in total. The predicted octanol–water partition coefficient (Wildman–Crippen LogP) is 4.77. The van der Waals surface area contributed by atoms with Crippen LogP contribution in [-0.4, -0.2) is 12.6 Å². The van der Waals surface area contributed by atoms with E-state index < -0.39 is 11.6 Å². The molecule has 0 spiro atoms. The molecule has 29 heavy (non-hydrogen) atoms. The van der Waals surface area contributed by atoms with Crippen LogP contribution < -0.4 is 10.4 Å². The molecule has 1 heterocycles. The van der Waals surface area contributed by atoms with Gasteiger partial charge < -0.3 is 13.9 Å². The van der Waals surface area contributed by atoms with Gasteiger partial charge in [-0.2, -0.15) is 0 Å². The smallest absolute Gasteiger partial charge is 0.336 e. The van der Waals surface area contributed by atoms with Crippen LogP contribution in [0.25, 0.3) is 21.7 Å². The maximum atomic E-state index is 12.1. The van der Waals surface area contributed by atoms with E-state index in [0.29, 0.717) is 16.9 Å². The van der Waals surface area contributed by atoms with Gasteiger partial charge in [-0.15, -0.1) is 0 Å². The Kier molecular flexibility index (Phi) is 5.29. The third-order valence-corrected chi connectivity index (χ3v) is 4.70. The molecule has 4 rings (SSSR count). The number of aryl methyl sites for hydroxylation is 1. The molecule has 0 N–H and O–H groups in total. The Hall–Kier alpha value is -3.60. The third-order valence-electron chi connectivity index (χ3n) is 4.70. The fourth-order valence-corrected chi connectivity index (χ4v) is 3.25. The van der Waals surface area contributed by atoms with Crippen molar-refractivity contribution in [3.05, 3.63) is 88.3 Å². The molecule has 0 atom stereocenters. The summed E-state index contributed by atoms with van der Waals surface area (Å²) in [7, 11) is 0. The van der Waals surface area contributed by atoms with Crippen molar-refractivity contribution in [1.29, 1.82) is 0 Å². The highest BCUT2D eigenvalue weighted by molar-refractivity contribution is 6.07. The van der Waals surface area contributed by atoms with Gasteiger partial charge in [-0.25, -0.2) is 4.79 Å². The van der Waals surface area contributed by atoms with Crippen molar-refractivity contribution in [2.24, 2.45) is 0 Å². The van der Waals surface area contributed by atoms with E-state index in [1.165, 1.54) is 6.07 Å². The summed E-state index contributed by atoms with van der Waals surface area (Å²) in [5, 5.41) is 2.75. The molecule has 1 aromatic heterocycles. The number of hydrogen-bond acceptors (Lipinski definition) is 5. The number of rotatable bonds is 6. The molecule has 0 unspecified atom stereocenters. The Balaban J connectivity index is 1.46. The molecule has 0 saturated heterocycles. The first-order valence-corrected chi connectivity index (χ1v) is 9.40. The van der Waals surface area contributed by atoms with Gasteiger partial charge in [0.25, 0.3) is 0 Å². The molecule has 5 heteroatoms. The van der Waals surface area contributed by atoms with Crippen molar-refractivity contribution in [3.63, 3.8) is 0 Å². The first kappa shape index (κ1) is 18.7. The van der Waals surface area contributed by atoms with Gasteiger partial charge >= 0.3 is 11.6 Å². The highest BCUT2D eigenvalue weighted by Crippen LogP contribution is 2.27. The number of hydrogen-bond donors (Lipinski definition) is 0. The van der Waals surface area contributed by atoms with E-state index in [1.807, 2.05) is 61.5 Å². The van der Waals surface area contributed by atoms with Crippen LogP contribution in [-0.2, 0) is 16.1 Å². The topological polar surface area (TPSA) is 65.7 Å². The van der Waals surface area contributed by atoms with Crippen LogP contribution in [0.3, 0.4) is 0 Å². The van der Waals surface area contributed by atoms with Gasteiger partial charge in [0.2, 0.25) is 0 Å². The zero-order valence-electron chi connectivity index (χ0n) is 16.0. The minimum atomic E-state index is -0.471. The van der Waals surface area contributed by atoms with E-state index in [4.69, 9.17) is 13.9 Å². The maximum Gasteiger partial charge on any atom is 0.336 e. The Labute approximate surface area is 167 Å². The number of carbonyl (C=O) groups excluding carboxylic acids is 1. The molecular weight excluding hydrogens is 368 g/mol. The van der Waals surface area contributed by atoms with Gasteiger partial charge in [0.15, 0.2) is 0 Å². The zero-order valence-corrected chi connectivity index (χ0v) is 16.0. The first-order chi connectivity index (χ1) is 14.1. The Bertz CT molecular complexity index is 1220. The van der Waals surface area contributed by atoms with E-state index >= 15 is 0 Å². The zero-order chi connectivity index (χ0) is 20.2. The highest BCUT2D eigenvalue weighted by Gasteiger charge is 2.12. The number of carbonyl (C=O) groups is 1. The molecule has 146 valence electrons. The van der Waals surface area contributed by atoms with E-state index in [9.17, 15) is 9.59 Å². The standard InChI is InChI=1S/C24H20O5/c1-16-6-9-19(10-7-16)27-13-12-22(25)28-15-18-14-23(26)29-21-11-8-17-4-2-3-5-20(17)24(18)21/h2-11,14H,12-13,15H2,1H3. The van der Waals surface area contributed by atoms with Crippen molar-refractivity contribution in [3.8, 4) is 5.75 Å². The molecule has 0 aliphatic carbocycles. The van der Waals surface area contributed by atoms with Gasteiger partial charge in [-0.3, -0.25) is 4.79 Å². The second-order valence-corrected chi connectivity index (χ2v) is 6.82. The SMILES string of the molecule is Cc1ccc(OCCC(=O)OCc2cc(=O)oc3ccc4ccccc4c23)cc1. The van der Waals surface area contributed by atoms with Crippen LogP contribution in [0, 0.1) is 6.92 Å². The molecule has 3 aromatic carbocycles. The summed E-state index contributed by atoms with van der Waals surface area (Å²) in [5.41, 5.74) is 1.77. The molecule has 0 bridgehead atoms. The average Bonchev–Trinajstić information content (AvgIpc) is 2.73. The van der Waals surface area contributed by atoms with Gasteiger partial charge in [-0.05, 0) is 35.9 Å². The second kappa shape index (κ2) is 8.19. The lowest BCUT2D eigenvalue weighted by Crippen LogP contribution is -2.11. The summed E-state index contributed by atoms with van der Waals surface area (Å²) < 4.78 is 16.3. The summed E-state index contributed by atoms with van der Waals surface area (Å²) in [6.45, 7) is 2.22. The highest BCUT2D eigenvalue weighted by atomic mass is 16.5. The average molecular weight is 388 g/mol. The van der Waals surface area contributed by atoms with Gasteiger partial charge in [0.1, 0.15) is 17.9 Å². The maximum absolute atomic E-state index is 12.1. The monoisotopic (exact) mass is 388 g/mol. The van der Waals surface area contributed by atoms with Gasteiger partial charge in [0, 0.05) is 17.0 Å².